The Morgan fingerprint density at radius 1 is 1.27 bits per heavy atom. The molecule has 2 rings (SSSR count). The smallest absolute Gasteiger partial charge is 0.397 e. The molecule has 0 bridgehead atoms. The molecular formula is C12H15FNO11P. The zero-order chi connectivity index (χ0) is 19.9. The number of nitro groups is 1. The van der Waals surface area contributed by atoms with Crippen LogP contribution in [-0.4, -0.2) is 65.6 Å². The van der Waals surface area contributed by atoms with Gasteiger partial charge < -0.3 is 30.1 Å². The van der Waals surface area contributed by atoms with E-state index in [4.69, 9.17) is 0 Å². The predicted octanol–water partition coefficient (Wildman–Crippen LogP) is -1.23. The lowest BCUT2D eigenvalue weighted by molar-refractivity contribution is -0.385. The van der Waals surface area contributed by atoms with Crippen molar-refractivity contribution in [2.45, 2.75) is 36.6 Å². The van der Waals surface area contributed by atoms with Gasteiger partial charge in [0.05, 0.1) is 17.1 Å². The van der Waals surface area contributed by atoms with Gasteiger partial charge in [-0.05, 0) is 12.1 Å². The van der Waals surface area contributed by atoms with Crippen molar-refractivity contribution in [3.8, 4) is 5.75 Å². The van der Waals surface area contributed by atoms with Crippen LogP contribution < -0.4 is 4.52 Å². The first-order valence-electron chi connectivity index (χ1n) is 6.98. The Morgan fingerprint density at radius 2 is 1.88 bits per heavy atom. The van der Waals surface area contributed by atoms with E-state index in [-0.39, 0.29) is 0 Å². The summed E-state index contributed by atoms with van der Waals surface area (Å²) in [5, 5.41) is 59.2. The van der Waals surface area contributed by atoms with Crippen molar-refractivity contribution in [3.05, 3.63) is 34.1 Å². The molecule has 0 saturated heterocycles. The van der Waals surface area contributed by atoms with Crippen molar-refractivity contribution >= 4 is 13.5 Å². The molecule has 1 saturated carbocycles. The molecule has 146 valence electrons. The van der Waals surface area contributed by atoms with Crippen molar-refractivity contribution < 1.29 is 53.4 Å². The van der Waals surface area contributed by atoms with E-state index in [0.29, 0.717) is 18.2 Å². The number of aliphatic hydroxyl groups excluding tert-OH is 4. The van der Waals surface area contributed by atoms with Crippen LogP contribution in [0.5, 0.6) is 5.75 Å². The summed E-state index contributed by atoms with van der Waals surface area (Å²) in [5.74, 6) is -4.94. The molecule has 1 aromatic carbocycles. The lowest BCUT2D eigenvalue weighted by Crippen LogP contribution is -2.63. The summed E-state index contributed by atoms with van der Waals surface area (Å²) < 4.78 is 34.0. The van der Waals surface area contributed by atoms with Crippen molar-refractivity contribution in [2.24, 2.45) is 0 Å². The van der Waals surface area contributed by atoms with E-state index in [9.17, 15) is 49.5 Å². The van der Waals surface area contributed by atoms with Gasteiger partial charge >= 0.3 is 13.5 Å². The Bertz CT molecular complexity index is 748. The molecule has 26 heavy (non-hydrogen) atoms. The van der Waals surface area contributed by atoms with Gasteiger partial charge in [-0.1, -0.05) is 0 Å². The Kier molecular flexibility index (Phi) is 5.66. The van der Waals surface area contributed by atoms with Gasteiger partial charge in [0.1, 0.15) is 24.1 Å². The van der Waals surface area contributed by atoms with Crippen LogP contribution in [0.15, 0.2) is 18.2 Å². The van der Waals surface area contributed by atoms with Crippen LogP contribution in [0.2, 0.25) is 0 Å². The second-order valence-electron chi connectivity index (χ2n) is 5.56. The maximum Gasteiger partial charge on any atom is 0.530 e. The highest BCUT2D eigenvalue weighted by atomic mass is 31.2. The van der Waals surface area contributed by atoms with Gasteiger partial charge in [-0.2, -0.15) is 0 Å². The van der Waals surface area contributed by atoms with Crippen LogP contribution >= 0.6 is 7.82 Å². The molecule has 1 aromatic rings. The molecular weight excluding hydrogens is 384 g/mol. The van der Waals surface area contributed by atoms with Crippen molar-refractivity contribution in [3.63, 3.8) is 0 Å². The van der Waals surface area contributed by atoms with Gasteiger partial charge in [0, 0.05) is 6.42 Å². The zero-order valence-electron chi connectivity index (χ0n) is 12.7. The van der Waals surface area contributed by atoms with Gasteiger partial charge in [-0.15, -0.1) is 0 Å². The number of hydrogen-bond donors (Lipinski definition) is 6. The fourth-order valence-corrected chi connectivity index (χ4v) is 3.39. The number of benzene rings is 1. The first kappa shape index (κ1) is 20.6. The third-order valence-corrected chi connectivity index (χ3v) is 4.61. The number of nitro benzene ring substituents is 1. The molecule has 0 aliphatic heterocycles. The molecule has 0 heterocycles. The summed E-state index contributed by atoms with van der Waals surface area (Å²) in [7, 11) is -5.38. The SMILES string of the molecule is O=[N+]([O-])c1cc(F)ccc1OP(=O)(O)OC1(O)C[C@@H](O)[C@@H](O)[C@H](O)[C@H]1O. The maximum atomic E-state index is 13.1. The monoisotopic (exact) mass is 399 g/mol. The molecule has 6 N–H and O–H groups in total. The lowest BCUT2D eigenvalue weighted by atomic mass is 9.85. The minimum absolute atomic E-state index is 0.406. The molecule has 0 spiro atoms. The first-order chi connectivity index (χ1) is 11.9. The van der Waals surface area contributed by atoms with E-state index in [2.05, 4.69) is 9.05 Å². The van der Waals surface area contributed by atoms with Gasteiger partial charge in [0.15, 0.2) is 0 Å². The molecule has 1 aliphatic carbocycles. The zero-order valence-corrected chi connectivity index (χ0v) is 13.6. The van der Waals surface area contributed by atoms with Crippen LogP contribution in [-0.2, 0) is 9.09 Å². The first-order valence-corrected chi connectivity index (χ1v) is 8.47. The van der Waals surface area contributed by atoms with E-state index in [1.54, 1.807) is 0 Å². The molecule has 1 fully saturated rings. The van der Waals surface area contributed by atoms with Crippen molar-refractivity contribution in [1.82, 2.24) is 0 Å². The quantitative estimate of drug-likeness (QED) is 0.150. The molecule has 0 amide bonds. The molecule has 1 aliphatic rings. The molecule has 14 heteroatoms. The number of hydrogen-bond acceptors (Lipinski definition) is 10. The second-order valence-corrected chi connectivity index (χ2v) is 6.86. The number of aliphatic hydroxyl groups is 5. The topological polar surface area (TPSA) is 200 Å². The number of rotatable bonds is 5. The Balaban J connectivity index is 2.26. The number of nitrogens with zero attached hydrogens (tertiary/aromatic N) is 1. The largest absolute Gasteiger partial charge is 0.530 e. The van der Waals surface area contributed by atoms with E-state index < -0.39 is 66.6 Å². The second kappa shape index (κ2) is 7.13. The number of halogens is 1. The van der Waals surface area contributed by atoms with Crippen LogP contribution in [0, 0.1) is 15.9 Å². The summed E-state index contributed by atoms with van der Waals surface area (Å²) in [5.41, 5.74) is -1.02. The molecule has 2 unspecified atom stereocenters. The van der Waals surface area contributed by atoms with E-state index in [1.165, 1.54) is 0 Å². The Labute approximate surface area is 144 Å². The summed E-state index contributed by atoms with van der Waals surface area (Å²) in [6, 6.07) is 1.76. The van der Waals surface area contributed by atoms with Crippen molar-refractivity contribution in [2.75, 3.05) is 0 Å². The van der Waals surface area contributed by atoms with E-state index in [1.807, 2.05) is 0 Å². The van der Waals surface area contributed by atoms with Crippen LogP contribution in [0.4, 0.5) is 10.1 Å². The van der Waals surface area contributed by atoms with Gasteiger partial charge in [0.25, 0.3) is 0 Å². The fourth-order valence-electron chi connectivity index (χ4n) is 2.37. The van der Waals surface area contributed by atoms with E-state index in [0.717, 1.165) is 0 Å². The predicted molar refractivity (Wildman–Crippen MR) is 78.2 cm³/mol. The Hall–Kier alpha value is -1.70. The van der Waals surface area contributed by atoms with Crippen LogP contribution in [0.1, 0.15) is 6.42 Å². The highest BCUT2D eigenvalue weighted by Gasteiger charge is 2.55. The molecule has 0 aromatic heterocycles. The van der Waals surface area contributed by atoms with E-state index >= 15 is 0 Å². The highest BCUT2D eigenvalue weighted by Crippen LogP contribution is 2.51. The third kappa shape index (κ3) is 4.16. The average molecular weight is 399 g/mol. The number of phosphoric ester groups is 1. The molecule has 0 radical (unpaired) electrons. The lowest BCUT2D eigenvalue weighted by Gasteiger charge is -2.43. The van der Waals surface area contributed by atoms with Gasteiger partial charge in [0.2, 0.25) is 11.5 Å². The summed E-state index contributed by atoms with van der Waals surface area (Å²) in [4.78, 5) is 19.5. The maximum absolute atomic E-state index is 13.1. The summed E-state index contributed by atoms with van der Waals surface area (Å²) >= 11 is 0. The van der Waals surface area contributed by atoms with Gasteiger partial charge in [-0.25, -0.2) is 13.5 Å². The highest BCUT2D eigenvalue weighted by molar-refractivity contribution is 7.47. The van der Waals surface area contributed by atoms with Crippen molar-refractivity contribution in [1.29, 1.82) is 0 Å². The number of phosphoric acid groups is 1. The normalized spacial score (nSPS) is 34.1. The third-order valence-electron chi connectivity index (χ3n) is 3.64. The fraction of sp³-hybridized carbons (Fsp3) is 0.500. The standard InChI is InChI=1S/C12H15FNO11P/c13-5-1-2-8(6(3-5)14(20)21)24-26(22,23)25-12(19)4-7(15)9(16)10(17)11(12)18/h1-3,7,9-11,15-19H,4H2,(H,22,23)/t7-,9-,10+,11-,12?/m1/s1. The minimum Gasteiger partial charge on any atom is -0.397 e. The minimum atomic E-state index is -5.38. The Morgan fingerprint density at radius 3 is 2.46 bits per heavy atom. The van der Waals surface area contributed by atoms with Crippen LogP contribution in [0.3, 0.4) is 0 Å². The van der Waals surface area contributed by atoms with Gasteiger partial charge in [-0.3, -0.25) is 15.0 Å². The summed E-state index contributed by atoms with van der Waals surface area (Å²) in [6.07, 6.45) is -9.16. The van der Waals surface area contributed by atoms with Crippen LogP contribution in [0.25, 0.3) is 0 Å². The average Bonchev–Trinajstić information content (AvgIpc) is 2.51. The summed E-state index contributed by atoms with van der Waals surface area (Å²) in [6.45, 7) is 0. The molecule has 12 nitrogen and oxygen atoms in total. The molecule has 6 atom stereocenters.